The van der Waals surface area contributed by atoms with Crippen LogP contribution >= 0.6 is 0 Å². The Hall–Kier alpha value is -1.06. The highest BCUT2D eigenvalue weighted by atomic mass is 16.5. The molecule has 0 amide bonds. The highest BCUT2D eigenvalue weighted by molar-refractivity contribution is 5.32. The average molecular weight is 290 g/mol. The second kappa shape index (κ2) is 7.28. The van der Waals surface area contributed by atoms with Crippen LogP contribution in [0.4, 0.5) is 0 Å². The van der Waals surface area contributed by atoms with Gasteiger partial charge in [-0.05, 0) is 70.9 Å². The molecular formula is C18H30N2O. The number of nitrogens with zero attached hydrogens (tertiary/aromatic N) is 1. The van der Waals surface area contributed by atoms with Gasteiger partial charge in [-0.3, -0.25) is 4.90 Å². The fourth-order valence-corrected chi connectivity index (χ4v) is 3.63. The van der Waals surface area contributed by atoms with Gasteiger partial charge in [0.15, 0.2) is 0 Å². The standard InChI is InChI=1S/C18H30N2O/c1-5-18(3,20-12-7-8-13-20)17(19-4)15-10-9-11-16(14-15)21-6-2/h9-11,14,17,19H,5-8,12-13H2,1-4H3. The minimum absolute atomic E-state index is 0.149. The number of hydrogen-bond acceptors (Lipinski definition) is 3. The lowest BCUT2D eigenvalue weighted by atomic mass is 9.83. The minimum atomic E-state index is 0.149. The van der Waals surface area contributed by atoms with Crippen molar-refractivity contribution < 1.29 is 4.74 Å². The molecule has 0 aromatic heterocycles. The van der Waals surface area contributed by atoms with Crippen molar-refractivity contribution in [1.82, 2.24) is 10.2 Å². The van der Waals surface area contributed by atoms with E-state index in [0.29, 0.717) is 12.6 Å². The molecule has 1 aromatic rings. The SMILES string of the molecule is CCOc1cccc(C(NC)C(C)(CC)N2CCCC2)c1. The Balaban J connectivity index is 2.29. The van der Waals surface area contributed by atoms with E-state index < -0.39 is 0 Å². The summed E-state index contributed by atoms with van der Waals surface area (Å²) in [7, 11) is 2.07. The van der Waals surface area contributed by atoms with Crippen LogP contribution in [0, 0.1) is 0 Å². The first kappa shape index (κ1) is 16.3. The maximum Gasteiger partial charge on any atom is 0.119 e. The first-order valence-electron chi connectivity index (χ1n) is 8.30. The van der Waals surface area contributed by atoms with Gasteiger partial charge in [0, 0.05) is 5.54 Å². The second-order valence-electron chi connectivity index (χ2n) is 6.13. The molecule has 1 aliphatic heterocycles. The monoisotopic (exact) mass is 290 g/mol. The van der Waals surface area contributed by atoms with Crippen molar-refractivity contribution in [3.63, 3.8) is 0 Å². The van der Waals surface area contributed by atoms with E-state index in [1.54, 1.807) is 0 Å². The Morgan fingerprint density at radius 2 is 2.00 bits per heavy atom. The van der Waals surface area contributed by atoms with E-state index in [9.17, 15) is 0 Å². The van der Waals surface area contributed by atoms with Crippen molar-refractivity contribution in [3.8, 4) is 5.75 Å². The van der Waals surface area contributed by atoms with Gasteiger partial charge in [-0.15, -0.1) is 0 Å². The maximum absolute atomic E-state index is 5.67. The third kappa shape index (κ3) is 3.41. The first-order valence-corrected chi connectivity index (χ1v) is 8.30. The Morgan fingerprint density at radius 1 is 1.29 bits per heavy atom. The first-order chi connectivity index (χ1) is 10.2. The summed E-state index contributed by atoms with van der Waals surface area (Å²) >= 11 is 0. The van der Waals surface area contributed by atoms with Crippen molar-refractivity contribution in [3.05, 3.63) is 29.8 Å². The lowest BCUT2D eigenvalue weighted by Gasteiger charge is -2.44. The molecule has 0 bridgehead atoms. The van der Waals surface area contributed by atoms with E-state index in [1.165, 1.54) is 31.5 Å². The molecule has 3 nitrogen and oxygen atoms in total. The third-order valence-corrected chi connectivity index (χ3v) is 4.96. The quantitative estimate of drug-likeness (QED) is 0.830. The van der Waals surface area contributed by atoms with Gasteiger partial charge < -0.3 is 10.1 Å². The molecule has 2 atom stereocenters. The van der Waals surface area contributed by atoms with Crippen LogP contribution in [-0.2, 0) is 0 Å². The van der Waals surface area contributed by atoms with E-state index >= 15 is 0 Å². The Morgan fingerprint density at radius 3 is 2.57 bits per heavy atom. The molecule has 0 spiro atoms. The van der Waals surface area contributed by atoms with E-state index in [0.717, 1.165) is 12.2 Å². The summed E-state index contributed by atoms with van der Waals surface area (Å²) in [5.74, 6) is 0.968. The molecule has 2 rings (SSSR count). The zero-order valence-corrected chi connectivity index (χ0v) is 14.0. The van der Waals surface area contributed by atoms with Gasteiger partial charge >= 0.3 is 0 Å². The number of benzene rings is 1. The second-order valence-corrected chi connectivity index (χ2v) is 6.13. The van der Waals surface area contributed by atoms with E-state index in [4.69, 9.17) is 4.74 Å². The van der Waals surface area contributed by atoms with Crippen molar-refractivity contribution in [2.24, 2.45) is 0 Å². The zero-order valence-electron chi connectivity index (χ0n) is 14.0. The molecule has 1 fully saturated rings. The fraction of sp³-hybridized carbons (Fsp3) is 0.667. The number of likely N-dealkylation sites (N-methyl/N-ethyl adjacent to an activating group) is 1. The highest BCUT2D eigenvalue weighted by Gasteiger charge is 2.39. The van der Waals surface area contributed by atoms with Crippen LogP contribution in [0.25, 0.3) is 0 Å². The lowest BCUT2D eigenvalue weighted by Crippen LogP contribution is -2.52. The lowest BCUT2D eigenvalue weighted by molar-refractivity contribution is 0.0872. The number of likely N-dealkylation sites (tertiary alicyclic amines) is 1. The van der Waals surface area contributed by atoms with Crippen LogP contribution < -0.4 is 10.1 Å². The Labute approximate surface area is 129 Å². The molecule has 118 valence electrons. The topological polar surface area (TPSA) is 24.5 Å². The van der Waals surface area contributed by atoms with Crippen LogP contribution in [0.15, 0.2) is 24.3 Å². The van der Waals surface area contributed by atoms with Gasteiger partial charge in [-0.2, -0.15) is 0 Å². The molecule has 0 saturated carbocycles. The van der Waals surface area contributed by atoms with Gasteiger partial charge in [-0.25, -0.2) is 0 Å². The van der Waals surface area contributed by atoms with Crippen LogP contribution in [0.3, 0.4) is 0 Å². The summed E-state index contributed by atoms with van der Waals surface area (Å²) in [5.41, 5.74) is 1.47. The number of rotatable bonds is 7. The molecule has 3 heteroatoms. The average Bonchev–Trinajstić information content (AvgIpc) is 3.03. The summed E-state index contributed by atoms with van der Waals surface area (Å²) in [6, 6.07) is 8.87. The molecule has 1 N–H and O–H groups in total. The molecule has 2 unspecified atom stereocenters. The number of hydrogen-bond donors (Lipinski definition) is 1. The van der Waals surface area contributed by atoms with Crippen LogP contribution in [-0.4, -0.2) is 37.2 Å². The molecular weight excluding hydrogens is 260 g/mol. The Bertz CT molecular complexity index is 443. The van der Waals surface area contributed by atoms with Gasteiger partial charge in [0.05, 0.1) is 12.6 Å². The predicted octanol–water partition coefficient (Wildman–Crippen LogP) is 3.61. The minimum Gasteiger partial charge on any atom is -0.494 e. The van der Waals surface area contributed by atoms with Crippen molar-refractivity contribution in [1.29, 1.82) is 0 Å². The maximum atomic E-state index is 5.67. The summed E-state index contributed by atoms with van der Waals surface area (Å²) in [6.07, 6.45) is 3.79. The summed E-state index contributed by atoms with van der Waals surface area (Å²) in [4.78, 5) is 2.65. The third-order valence-electron chi connectivity index (χ3n) is 4.96. The van der Waals surface area contributed by atoms with Gasteiger partial charge in [0.1, 0.15) is 5.75 Å². The Kier molecular flexibility index (Phi) is 5.65. The molecule has 1 aliphatic rings. The largest absolute Gasteiger partial charge is 0.494 e. The van der Waals surface area contributed by atoms with Crippen molar-refractivity contribution in [2.45, 2.75) is 51.6 Å². The summed E-state index contributed by atoms with van der Waals surface area (Å²) < 4.78 is 5.67. The van der Waals surface area contributed by atoms with Gasteiger partial charge in [0.2, 0.25) is 0 Å². The van der Waals surface area contributed by atoms with Gasteiger partial charge in [0.25, 0.3) is 0 Å². The molecule has 0 radical (unpaired) electrons. The highest BCUT2D eigenvalue weighted by Crippen LogP contribution is 2.37. The summed E-state index contributed by atoms with van der Waals surface area (Å²) in [6.45, 7) is 9.87. The zero-order chi connectivity index (χ0) is 15.3. The van der Waals surface area contributed by atoms with Crippen molar-refractivity contribution >= 4 is 0 Å². The van der Waals surface area contributed by atoms with E-state index in [-0.39, 0.29) is 5.54 Å². The number of ether oxygens (including phenoxy) is 1. The molecule has 1 saturated heterocycles. The molecule has 1 aromatic carbocycles. The van der Waals surface area contributed by atoms with E-state index in [1.807, 2.05) is 13.0 Å². The van der Waals surface area contributed by atoms with Gasteiger partial charge in [-0.1, -0.05) is 19.1 Å². The van der Waals surface area contributed by atoms with Crippen LogP contribution in [0.2, 0.25) is 0 Å². The normalized spacial score (nSPS) is 20.2. The van der Waals surface area contributed by atoms with Crippen molar-refractivity contribution in [2.75, 3.05) is 26.7 Å². The summed E-state index contributed by atoms with van der Waals surface area (Å²) in [5, 5.41) is 3.56. The van der Waals surface area contributed by atoms with Crippen LogP contribution in [0.1, 0.15) is 51.6 Å². The smallest absolute Gasteiger partial charge is 0.119 e. The number of nitrogens with one attached hydrogen (secondary N) is 1. The van der Waals surface area contributed by atoms with Crippen LogP contribution in [0.5, 0.6) is 5.75 Å². The fourth-order valence-electron chi connectivity index (χ4n) is 3.63. The molecule has 21 heavy (non-hydrogen) atoms. The van der Waals surface area contributed by atoms with E-state index in [2.05, 4.69) is 49.3 Å². The molecule has 1 heterocycles. The molecule has 0 aliphatic carbocycles. The predicted molar refractivity (Wildman–Crippen MR) is 88.9 cm³/mol.